The van der Waals surface area contributed by atoms with Crippen molar-refractivity contribution in [3.63, 3.8) is 0 Å². The third-order valence-electron chi connectivity index (χ3n) is 3.18. The second kappa shape index (κ2) is 6.27. The van der Waals surface area contributed by atoms with E-state index in [1.165, 1.54) is 12.8 Å². The van der Waals surface area contributed by atoms with Gasteiger partial charge in [0, 0.05) is 18.3 Å². The molecule has 102 valence electrons. The first-order chi connectivity index (χ1) is 9.24. The smallest absolute Gasteiger partial charge is 0.200 e. The Hall–Kier alpha value is -1.97. The largest absolute Gasteiger partial charge is 0.497 e. The summed E-state index contributed by atoms with van der Waals surface area (Å²) in [7, 11) is 1.66. The summed E-state index contributed by atoms with van der Waals surface area (Å²) in [5.74, 6) is 1.41. The van der Waals surface area contributed by atoms with Crippen LogP contribution < -0.4 is 10.5 Å². The van der Waals surface area contributed by atoms with E-state index in [9.17, 15) is 0 Å². The minimum Gasteiger partial charge on any atom is -0.497 e. The Bertz CT molecular complexity index is 534. The zero-order valence-electron chi connectivity index (χ0n) is 11.6. The standard InChI is InChI=1S/C15H21N3O/c1-3-4-5-9-18-11-14(17-15(18)16)12-7-6-8-13(10-12)19-2/h6-8,10-11H,3-5,9H2,1-2H3,(H2,16,17). The molecule has 1 aromatic heterocycles. The summed E-state index contributed by atoms with van der Waals surface area (Å²) in [6, 6.07) is 7.87. The number of aryl methyl sites for hydroxylation is 1. The number of nitrogens with two attached hydrogens (primary N) is 1. The normalized spacial score (nSPS) is 10.6. The van der Waals surface area contributed by atoms with E-state index in [1.807, 2.05) is 35.0 Å². The molecule has 0 radical (unpaired) electrons. The van der Waals surface area contributed by atoms with Crippen LogP contribution in [0.4, 0.5) is 5.95 Å². The number of nitrogen functional groups attached to an aromatic ring is 1. The number of methoxy groups -OCH3 is 1. The van der Waals surface area contributed by atoms with Crippen LogP contribution in [0.2, 0.25) is 0 Å². The van der Waals surface area contributed by atoms with Crippen molar-refractivity contribution in [3.8, 4) is 17.0 Å². The molecule has 0 bridgehead atoms. The minimum absolute atomic E-state index is 0.578. The predicted octanol–water partition coefficient (Wildman–Crippen LogP) is 3.33. The maximum atomic E-state index is 5.95. The number of imidazole rings is 1. The Balaban J connectivity index is 2.18. The van der Waals surface area contributed by atoms with Crippen molar-refractivity contribution in [1.29, 1.82) is 0 Å². The van der Waals surface area contributed by atoms with Crippen LogP contribution in [0.1, 0.15) is 26.2 Å². The van der Waals surface area contributed by atoms with Gasteiger partial charge < -0.3 is 15.0 Å². The zero-order valence-corrected chi connectivity index (χ0v) is 11.6. The molecule has 19 heavy (non-hydrogen) atoms. The van der Waals surface area contributed by atoms with Gasteiger partial charge in [-0.2, -0.15) is 0 Å². The summed E-state index contributed by atoms with van der Waals surface area (Å²) in [6.07, 6.45) is 5.57. The summed E-state index contributed by atoms with van der Waals surface area (Å²) >= 11 is 0. The highest BCUT2D eigenvalue weighted by atomic mass is 16.5. The number of aromatic nitrogens is 2. The molecule has 0 saturated carbocycles. The molecule has 0 atom stereocenters. The van der Waals surface area contributed by atoms with Crippen molar-refractivity contribution >= 4 is 5.95 Å². The lowest BCUT2D eigenvalue weighted by atomic mass is 10.1. The van der Waals surface area contributed by atoms with Gasteiger partial charge in [-0.15, -0.1) is 0 Å². The molecule has 0 aliphatic rings. The quantitative estimate of drug-likeness (QED) is 0.809. The Kier molecular flexibility index (Phi) is 4.44. The van der Waals surface area contributed by atoms with Crippen LogP contribution in [0.3, 0.4) is 0 Å². The van der Waals surface area contributed by atoms with Crippen LogP contribution in [0.5, 0.6) is 5.75 Å². The number of benzene rings is 1. The van der Waals surface area contributed by atoms with Crippen LogP contribution in [0, 0.1) is 0 Å². The van der Waals surface area contributed by atoms with Crippen molar-refractivity contribution in [2.45, 2.75) is 32.7 Å². The Morgan fingerprint density at radius 2 is 2.16 bits per heavy atom. The van der Waals surface area contributed by atoms with E-state index in [2.05, 4.69) is 11.9 Å². The lowest BCUT2D eigenvalue weighted by Crippen LogP contribution is -2.02. The van der Waals surface area contributed by atoms with Crippen molar-refractivity contribution < 1.29 is 4.74 Å². The van der Waals surface area contributed by atoms with Gasteiger partial charge in [0.15, 0.2) is 0 Å². The fourth-order valence-electron chi connectivity index (χ4n) is 2.06. The fourth-order valence-corrected chi connectivity index (χ4v) is 2.06. The van der Waals surface area contributed by atoms with E-state index in [0.717, 1.165) is 30.0 Å². The number of anilines is 1. The van der Waals surface area contributed by atoms with Crippen LogP contribution in [0.25, 0.3) is 11.3 Å². The van der Waals surface area contributed by atoms with E-state index in [0.29, 0.717) is 5.95 Å². The average molecular weight is 259 g/mol. The Morgan fingerprint density at radius 3 is 2.89 bits per heavy atom. The monoisotopic (exact) mass is 259 g/mol. The molecular formula is C15H21N3O. The number of rotatable bonds is 6. The average Bonchev–Trinajstić information content (AvgIpc) is 2.81. The number of nitrogens with zero attached hydrogens (tertiary/aromatic N) is 2. The summed E-state index contributed by atoms with van der Waals surface area (Å²) in [4.78, 5) is 4.42. The second-order valence-electron chi connectivity index (χ2n) is 4.62. The predicted molar refractivity (Wildman–Crippen MR) is 78.2 cm³/mol. The third kappa shape index (κ3) is 3.28. The van der Waals surface area contributed by atoms with Crippen molar-refractivity contribution in [1.82, 2.24) is 9.55 Å². The SMILES string of the molecule is CCCCCn1cc(-c2cccc(OC)c2)nc1N. The molecule has 0 spiro atoms. The highest BCUT2D eigenvalue weighted by molar-refractivity contribution is 5.62. The van der Waals surface area contributed by atoms with E-state index in [-0.39, 0.29) is 0 Å². The summed E-state index contributed by atoms with van der Waals surface area (Å²) in [5.41, 5.74) is 7.88. The third-order valence-corrected chi connectivity index (χ3v) is 3.18. The van der Waals surface area contributed by atoms with Gasteiger partial charge in [-0.05, 0) is 18.6 Å². The van der Waals surface area contributed by atoms with E-state index >= 15 is 0 Å². The number of hydrogen-bond donors (Lipinski definition) is 1. The summed E-state index contributed by atoms with van der Waals surface area (Å²) < 4.78 is 7.25. The first-order valence-corrected chi connectivity index (χ1v) is 6.71. The maximum Gasteiger partial charge on any atom is 0.200 e. The first-order valence-electron chi connectivity index (χ1n) is 6.71. The summed E-state index contributed by atoms with van der Waals surface area (Å²) in [6.45, 7) is 3.12. The lowest BCUT2D eigenvalue weighted by Gasteiger charge is -2.02. The first kappa shape index (κ1) is 13.5. The highest BCUT2D eigenvalue weighted by Gasteiger charge is 2.07. The van der Waals surface area contributed by atoms with Gasteiger partial charge in [-0.3, -0.25) is 0 Å². The van der Waals surface area contributed by atoms with Crippen LogP contribution in [0.15, 0.2) is 30.5 Å². The van der Waals surface area contributed by atoms with Gasteiger partial charge in [-0.1, -0.05) is 31.9 Å². The minimum atomic E-state index is 0.578. The van der Waals surface area contributed by atoms with Gasteiger partial charge in [0.05, 0.1) is 12.8 Å². The zero-order chi connectivity index (χ0) is 13.7. The van der Waals surface area contributed by atoms with Gasteiger partial charge in [0.25, 0.3) is 0 Å². The molecule has 1 heterocycles. The van der Waals surface area contributed by atoms with Crippen LogP contribution >= 0.6 is 0 Å². The van der Waals surface area contributed by atoms with Gasteiger partial charge >= 0.3 is 0 Å². The van der Waals surface area contributed by atoms with Crippen LogP contribution in [-0.2, 0) is 6.54 Å². The van der Waals surface area contributed by atoms with E-state index < -0.39 is 0 Å². The molecule has 2 rings (SSSR count). The Morgan fingerprint density at radius 1 is 1.32 bits per heavy atom. The van der Waals surface area contributed by atoms with Gasteiger partial charge in [-0.25, -0.2) is 4.98 Å². The Labute approximate surface area is 114 Å². The lowest BCUT2D eigenvalue weighted by molar-refractivity contribution is 0.415. The molecule has 4 heteroatoms. The molecule has 0 amide bonds. The fraction of sp³-hybridized carbons (Fsp3) is 0.400. The number of hydrogen-bond acceptors (Lipinski definition) is 3. The van der Waals surface area contributed by atoms with E-state index in [1.54, 1.807) is 7.11 Å². The topological polar surface area (TPSA) is 53.1 Å². The van der Waals surface area contributed by atoms with Crippen molar-refractivity contribution in [2.24, 2.45) is 0 Å². The van der Waals surface area contributed by atoms with Crippen molar-refractivity contribution in [3.05, 3.63) is 30.5 Å². The number of ether oxygens (including phenoxy) is 1. The van der Waals surface area contributed by atoms with Crippen molar-refractivity contribution in [2.75, 3.05) is 12.8 Å². The number of unbranched alkanes of at least 4 members (excludes halogenated alkanes) is 2. The molecular weight excluding hydrogens is 238 g/mol. The van der Waals surface area contributed by atoms with E-state index in [4.69, 9.17) is 10.5 Å². The maximum absolute atomic E-state index is 5.95. The molecule has 0 aliphatic carbocycles. The molecule has 0 unspecified atom stereocenters. The molecule has 4 nitrogen and oxygen atoms in total. The van der Waals surface area contributed by atoms with Gasteiger partial charge in [0.1, 0.15) is 5.75 Å². The second-order valence-corrected chi connectivity index (χ2v) is 4.62. The molecule has 2 aromatic rings. The van der Waals surface area contributed by atoms with Crippen LogP contribution in [-0.4, -0.2) is 16.7 Å². The molecule has 0 aliphatic heterocycles. The molecule has 2 N–H and O–H groups in total. The molecule has 0 saturated heterocycles. The molecule has 1 aromatic carbocycles. The highest BCUT2D eigenvalue weighted by Crippen LogP contribution is 2.24. The molecule has 0 fully saturated rings. The van der Waals surface area contributed by atoms with Gasteiger partial charge in [0.2, 0.25) is 5.95 Å². The summed E-state index contributed by atoms with van der Waals surface area (Å²) in [5, 5.41) is 0.